The molecule has 24 heavy (non-hydrogen) atoms. The van der Waals surface area contributed by atoms with Gasteiger partial charge >= 0.3 is 0 Å². The first-order chi connectivity index (χ1) is 11.4. The molecule has 0 spiro atoms. The Morgan fingerprint density at radius 1 is 1.29 bits per heavy atom. The Bertz CT molecular complexity index is 713. The van der Waals surface area contributed by atoms with Crippen molar-refractivity contribution in [3.63, 3.8) is 0 Å². The largest absolute Gasteiger partial charge is 0.372 e. The highest BCUT2D eigenvalue weighted by Crippen LogP contribution is 2.22. The molecule has 1 aromatic carbocycles. The van der Waals surface area contributed by atoms with Crippen LogP contribution in [-0.4, -0.2) is 67.8 Å². The Labute approximate surface area is 140 Å². The van der Waals surface area contributed by atoms with E-state index in [1.165, 1.54) is 22.5 Å². The molecule has 0 bridgehead atoms. The fourth-order valence-corrected chi connectivity index (χ4v) is 3.83. The number of hydrogen-bond acceptors (Lipinski definition) is 6. The third-order valence-corrected chi connectivity index (χ3v) is 5.58. The zero-order chi connectivity index (χ0) is 17.7. The quantitative estimate of drug-likeness (QED) is 0.540. The normalized spacial score (nSPS) is 16.1. The average molecular weight is 357 g/mol. The third-order valence-electron chi connectivity index (χ3n) is 3.69. The lowest BCUT2D eigenvalue weighted by molar-refractivity contribution is -0.385. The smallest absolute Gasteiger partial charge is 0.270 e. The summed E-state index contributed by atoms with van der Waals surface area (Å²) in [5.41, 5.74) is -0.276. The topological polar surface area (TPSA) is 110 Å². The molecule has 1 fully saturated rings. The summed E-state index contributed by atoms with van der Waals surface area (Å²) in [5.74, 6) is -0.177. The molecule has 10 heteroatoms. The molecule has 132 valence electrons. The van der Waals surface area contributed by atoms with Gasteiger partial charge in [0, 0.05) is 44.9 Å². The number of nitro groups is 1. The molecule has 0 aliphatic carbocycles. The van der Waals surface area contributed by atoms with Crippen LogP contribution in [-0.2, 0) is 19.6 Å². The second-order valence-corrected chi connectivity index (χ2v) is 7.11. The maximum Gasteiger partial charge on any atom is 0.270 e. The van der Waals surface area contributed by atoms with Gasteiger partial charge in [-0.15, -0.1) is 0 Å². The second-order valence-electron chi connectivity index (χ2n) is 5.18. The minimum atomic E-state index is -3.82. The van der Waals surface area contributed by atoms with Gasteiger partial charge in [0.1, 0.15) is 6.61 Å². The van der Waals surface area contributed by atoms with Crippen molar-refractivity contribution < 1.29 is 22.9 Å². The zero-order valence-electron chi connectivity index (χ0n) is 13.3. The molecule has 0 aromatic heterocycles. The zero-order valence-corrected chi connectivity index (χ0v) is 14.1. The van der Waals surface area contributed by atoms with Crippen molar-refractivity contribution in [2.75, 3.05) is 39.4 Å². The number of non-ortho nitro benzene ring substituents is 1. The summed E-state index contributed by atoms with van der Waals surface area (Å²) in [6, 6.07) is 4.95. The van der Waals surface area contributed by atoms with E-state index in [1.54, 1.807) is 11.8 Å². The first-order valence-electron chi connectivity index (χ1n) is 7.46. The van der Waals surface area contributed by atoms with Crippen LogP contribution in [0, 0.1) is 10.1 Å². The van der Waals surface area contributed by atoms with Crippen molar-refractivity contribution >= 4 is 21.6 Å². The third kappa shape index (κ3) is 4.08. The van der Waals surface area contributed by atoms with Gasteiger partial charge in [-0.3, -0.25) is 14.9 Å². The monoisotopic (exact) mass is 357 g/mol. The fourth-order valence-electron chi connectivity index (χ4n) is 2.37. The summed E-state index contributed by atoms with van der Waals surface area (Å²) in [5, 5.41) is 10.8. The molecule has 0 unspecified atom stereocenters. The van der Waals surface area contributed by atoms with Gasteiger partial charge in [-0.2, -0.15) is 4.31 Å². The highest BCUT2D eigenvalue weighted by molar-refractivity contribution is 7.89. The van der Waals surface area contributed by atoms with Crippen molar-refractivity contribution in [2.45, 2.75) is 11.8 Å². The first kappa shape index (κ1) is 18.3. The van der Waals surface area contributed by atoms with E-state index in [4.69, 9.17) is 4.74 Å². The van der Waals surface area contributed by atoms with Crippen molar-refractivity contribution in [3.05, 3.63) is 34.4 Å². The molecule has 9 nitrogen and oxygen atoms in total. The van der Waals surface area contributed by atoms with E-state index >= 15 is 0 Å². The van der Waals surface area contributed by atoms with Crippen LogP contribution in [0.4, 0.5) is 5.69 Å². The van der Waals surface area contributed by atoms with Crippen molar-refractivity contribution in [1.29, 1.82) is 0 Å². The van der Waals surface area contributed by atoms with Crippen LogP contribution in [0.5, 0.6) is 0 Å². The van der Waals surface area contributed by atoms with E-state index in [0.29, 0.717) is 6.61 Å². The second kappa shape index (κ2) is 7.69. The Morgan fingerprint density at radius 3 is 2.54 bits per heavy atom. The molecule has 0 N–H and O–H groups in total. The van der Waals surface area contributed by atoms with Crippen LogP contribution in [0.1, 0.15) is 6.92 Å². The number of hydrogen-bond donors (Lipinski definition) is 0. The molecule has 0 atom stereocenters. The number of amides is 1. The van der Waals surface area contributed by atoms with Crippen LogP contribution in [0.3, 0.4) is 0 Å². The summed E-state index contributed by atoms with van der Waals surface area (Å²) in [7, 11) is -3.82. The Kier molecular flexibility index (Phi) is 5.86. The number of benzene rings is 1. The molecule has 1 aliphatic rings. The van der Waals surface area contributed by atoms with Gasteiger partial charge in [-0.25, -0.2) is 8.42 Å². The number of nitro benzene ring substituents is 1. The Morgan fingerprint density at radius 2 is 1.96 bits per heavy atom. The molecular formula is C14H19N3O6S. The minimum Gasteiger partial charge on any atom is -0.372 e. The van der Waals surface area contributed by atoms with E-state index in [0.717, 1.165) is 6.07 Å². The number of sulfonamides is 1. The lowest BCUT2D eigenvalue weighted by atomic mass is 10.3. The van der Waals surface area contributed by atoms with Gasteiger partial charge in [0.05, 0.1) is 9.82 Å². The first-order valence-corrected chi connectivity index (χ1v) is 8.90. The standard InChI is InChI=1S/C14H19N3O6S/c1-2-23-11-14(18)15-6-8-16(9-7-15)24(21,22)13-5-3-4-12(10-13)17(19)20/h3-5,10H,2,6-9,11H2,1H3. The van der Waals surface area contributed by atoms with Gasteiger partial charge in [0.15, 0.2) is 0 Å². The summed E-state index contributed by atoms with van der Waals surface area (Å²) in [6.45, 7) is 3.02. The maximum absolute atomic E-state index is 12.6. The van der Waals surface area contributed by atoms with Crippen molar-refractivity contribution in [1.82, 2.24) is 9.21 Å². The minimum absolute atomic E-state index is 0.0197. The SMILES string of the molecule is CCOCC(=O)N1CCN(S(=O)(=O)c2cccc([N+](=O)[O-])c2)CC1. The van der Waals surface area contributed by atoms with Crippen molar-refractivity contribution in [3.8, 4) is 0 Å². The van der Waals surface area contributed by atoms with Crippen LogP contribution in [0.15, 0.2) is 29.2 Å². The highest BCUT2D eigenvalue weighted by Gasteiger charge is 2.30. The van der Waals surface area contributed by atoms with Gasteiger partial charge in [0.2, 0.25) is 15.9 Å². The summed E-state index contributed by atoms with van der Waals surface area (Å²) in [6.07, 6.45) is 0. The molecule has 2 rings (SSSR count). The summed E-state index contributed by atoms with van der Waals surface area (Å²) >= 11 is 0. The van der Waals surface area contributed by atoms with Crippen LogP contribution >= 0.6 is 0 Å². The summed E-state index contributed by atoms with van der Waals surface area (Å²) < 4.78 is 31.5. The number of piperazine rings is 1. The van der Waals surface area contributed by atoms with E-state index in [2.05, 4.69) is 0 Å². The summed E-state index contributed by atoms with van der Waals surface area (Å²) in [4.78, 5) is 23.5. The van der Waals surface area contributed by atoms with Gasteiger partial charge < -0.3 is 9.64 Å². The van der Waals surface area contributed by atoms with E-state index in [9.17, 15) is 23.3 Å². The average Bonchev–Trinajstić information content (AvgIpc) is 2.59. The van der Waals surface area contributed by atoms with Gasteiger partial charge in [0.25, 0.3) is 5.69 Å². The van der Waals surface area contributed by atoms with Crippen LogP contribution < -0.4 is 0 Å². The molecule has 1 aliphatic heterocycles. The number of rotatable bonds is 6. The lowest BCUT2D eigenvalue weighted by Crippen LogP contribution is -2.51. The Hall–Kier alpha value is -2.04. The number of ether oxygens (including phenoxy) is 1. The molecule has 0 saturated carbocycles. The van der Waals surface area contributed by atoms with Gasteiger partial charge in [-0.1, -0.05) is 6.07 Å². The highest BCUT2D eigenvalue weighted by atomic mass is 32.2. The van der Waals surface area contributed by atoms with E-state index in [1.807, 2.05) is 0 Å². The molecule has 1 saturated heterocycles. The molecule has 0 radical (unpaired) electrons. The van der Waals surface area contributed by atoms with Gasteiger partial charge in [-0.05, 0) is 13.0 Å². The predicted octanol–water partition coefficient (Wildman–Crippen LogP) is 0.464. The molecule has 1 heterocycles. The fraction of sp³-hybridized carbons (Fsp3) is 0.500. The predicted molar refractivity (Wildman–Crippen MR) is 84.9 cm³/mol. The van der Waals surface area contributed by atoms with Crippen LogP contribution in [0.2, 0.25) is 0 Å². The van der Waals surface area contributed by atoms with Crippen LogP contribution in [0.25, 0.3) is 0 Å². The Balaban J connectivity index is 2.06. The van der Waals surface area contributed by atoms with Crippen molar-refractivity contribution in [2.24, 2.45) is 0 Å². The number of nitrogens with zero attached hydrogens (tertiary/aromatic N) is 3. The lowest BCUT2D eigenvalue weighted by Gasteiger charge is -2.33. The van der Waals surface area contributed by atoms with E-state index < -0.39 is 14.9 Å². The maximum atomic E-state index is 12.6. The number of carbonyl (C=O) groups is 1. The molecule has 1 aromatic rings. The molecule has 1 amide bonds. The van der Waals surface area contributed by atoms with E-state index in [-0.39, 0.29) is 49.3 Å². The number of carbonyl (C=O) groups excluding carboxylic acids is 1. The molecular weight excluding hydrogens is 338 g/mol.